The second-order valence-corrected chi connectivity index (χ2v) is 12.5. The molecule has 0 amide bonds. The van der Waals surface area contributed by atoms with Crippen LogP contribution in [0.2, 0.25) is 0 Å². The molecule has 0 N–H and O–H groups in total. The van der Waals surface area contributed by atoms with Crippen molar-refractivity contribution in [2.45, 2.75) is 0 Å². The van der Waals surface area contributed by atoms with Gasteiger partial charge in [-0.05, 0) is 76.5 Å². The summed E-state index contributed by atoms with van der Waals surface area (Å²) in [6.45, 7) is 0. The summed E-state index contributed by atoms with van der Waals surface area (Å²) in [6, 6.07) is 64.8. The van der Waals surface area contributed by atoms with Crippen LogP contribution >= 0.6 is 0 Å². The molecular formula is C46H30N2O. The van der Waals surface area contributed by atoms with E-state index in [2.05, 4.69) is 191 Å². The average molecular weight is 627 g/mol. The summed E-state index contributed by atoms with van der Waals surface area (Å²) in [5, 5.41) is 7.04. The summed E-state index contributed by atoms with van der Waals surface area (Å²) < 4.78 is 9.21. The smallest absolute Gasteiger partial charge is 0.159 e. The summed E-state index contributed by atoms with van der Waals surface area (Å²) in [6.07, 6.45) is 0. The highest BCUT2D eigenvalue weighted by Gasteiger charge is 2.24. The van der Waals surface area contributed by atoms with Crippen molar-refractivity contribution >= 4 is 71.6 Å². The fourth-order valence-electron chi connectivity index (χ4n) is 7.61. The van der Waals surface area contributed by atoms with Crippen LogP contribution in [0, 0.1) is 0 Å². The zero-order valence-corrected chi connectivity index (χ0v) is 26.6. The number of nitrogens with zero attached hydrogens (tertiary/aromatic N) is 2. The first-order valence-corrected chi connectivity index (χ1v) is 16.7. The topological polar surface area (TPSA) is 21.3 Å². The second-order valence-electron chi connectivity index (χ2n) is 12.5. The van der Waals surface area contributed by atoms with Crippen LogP contribution in [0.25, 0.3) is 71.3 Å². The van der Waals surface area contributed by atoms with Crippen LogP contribution in [-0.4, -0.2) is 4.57 Å². The predicted octanol–water partition coefficient (Wildman–Crippen LogP) is 13.0. The molecule has 0 radical (unpaired) electrons. The molecule has 0 aliphatic carbocycles. The van der Waals surface area contributed by atoms with Gasteiger partial charge in [0.2, 0.25) is 0 Å². The van der Waals surface area contributed by atoms with Gasteiger partial charge in [-0.1, -0.05) is 127 Å². The van der Waals surface area contributed by atoms with E-state index in [9.17, 15) is 0 Å². The third-order valence-corrected chi connectivity index (χ3v) is 9.77. The number of furan rings is 1. The zero-order valence-electron chi connectivity index (χ0n) is 26.6. The highest BCUT2D eigenvalue weighted by atomic mass is 16.3. The minimum absolute atomic E-state index is 0.866. The van der Waals surface area contributed by atoms with Crippen LogP contribution in [0.4, 0.5) is 17.1 Å². The Hall–Kier alpha value is -6.58. The van der Waals surface area contributed by atoms with Crippen LogP contribution in [0.5, 0.6) is 0 Å². The molecule has 2 aromatic heterocycles. The van der Waals surface area contributed by atoms with E-state index in [-0.39, 0.29) is 0 Å². The van der Waals surface area contributed by atoms with Gasteiger partial charge < -0.3 is 13.9 Å². The Bertz CT molecular complexity index is 2810. The van der Waals surface area contributed by atoms with Crippen molar-refractivity contribution in [3.05, 3.63) is 182 Å². The average Bonchev–Trinajstić information content (AvgIpc) is 3.73. The lowest BCUT2D eigenvalue weighted by atomic mass is 10.0. The Morgan fingerprint density at radius 2 is 1.04 bits per heavy atom. The van der Waals surface area contributed by atoms with Crippen molar-refractivity contribution in [1.82, 2.24) is 4.57 Å². The van der Waals surface area contributed by atoms with Gasteiger partial charge in [0.15, 0.2) is 5.58 Å². The predicted molar refractivity (Wildman–Crippen MR) is 206 cm³/mol. The first kappa shape index (κ1) is 27.5. The Morgan fingerprint density at radius 3 is 1.88 bits per heavy atom. The molecule has 0 saturated heterocycles. The lowest BCUT2D eigenvalue weighted by Crippen LogP contribution is -2.10. The van der Waals surface area contributed by atoms with Crippen molar-refractivity contribution in [2.75, 3.05) is 4.90 Å². The standard InChI is InChI=1S/C46H30N2O/c1-3-13-31(14-4-1)32-25-28-35(29-26-32)48(42-24-11-20-38-44-36-18-8-7-15-33(36)27-30-43(44)49-46(38)42)41-23-12-22-40-45(41)37-19-9-10-21-39(37)47(40)34-16-5-2-6-17-34/h1-30H. The van der Waals surface area contributed by atoms with E-state index in [0.29, 0.717) is 0 Å². The molecule has 230 valence electrons. The maximum absolute atomic E-state index is 6.84. The molecule has 0 aliphatic rings. The van der Waals surface area contributed by atoms with Gasteiger partial charge in [0.05, 0.1) is 22.4 Å². The van der Waals surface area contributed by atoms with Crippen molar-refractivity contribution in [2.24, 2.45) is 0 Å². The van der Waals surface area contributed by atoms with Crippen LogP contribution in [0.1, 0.15) is 0 Å². The number of fused-ring (bicyclic) bond motifs is 8. The van der Waals surface area contributed by atoms with E-state index in [1.54, 1.807) is 0 Å². The van der Waals surface area contributed by atoms with E-state index in [4.69, 9.17) is 4.42 Å². The van der Waals surface area contributed by atoms with Gasteiger partial charge in [-0.15, -0.1) is 0 Å². The maximum atomic E-state index is 6.84. The first-order chi connectivity index (χ1) is 24.3. The number of para-hydroxylation sites is 3. The lowest BCUT2D eigenvalue weighted by molar-refractivity contribution is 0.669. The summed E-state index contributed by atoms with van der Waals surface area (Å²) >= 11 is 0. The van der Waals surface area contributed by atoms with Crippen molar-refractivity contribution < 1.29 is 4.42 Å². The molecule has 0 spiro atoms. The normalized spacial score (nSPS) is 11.7. The Morgan fingerprint density at radius 1 is 0.408 bits per heavy atom. The first-order valence-electron chi connectivity index (χ1n) is 16.7. The van der Waals surface area contributed by atoms with Crippen LogP contribution in [-0.2, 0) is 0 Å². The molecule has 0 fully saturated rings. The molecular weight excluding hydrogens is 597 g/mol. The number of rotatable bonds is 5. The molecule has 0 atom stereocenters. The zero-order chi connectivity index (χ0) is 32.3. The van der Waals surface area contributed by atoms with E-state index in [1.165, 1.54) is 38.2 Å². The molecule has 8 aromatic carbocycles. The van der Waals surface area contributed by atoms with Crippen LogP contribution in [0.15, 0.2) is 186 Å². The van der Waals surface area contributed by atoms with Crippen molar-refractivity contribution in [1.29, 1.82) is 0 Å². The maximum Gasteiger partial charge on any atom is 0.159 e. The summed E-state index contributed by atoms with van der Waals surface area (Å²) in [5.41, 5.74) is 10.7. The quantitative estimate of drug-likeness (QED) is 0.190. The third kappa shape index (κ3) is 4.29. The largest absolute Gasteiger partial charge is 0.454 e. The highest BCUT2D eigenvalue weighted by Crippen LogP contribution is 2.47. The number of hydrogen-bond donors (Lipinski definition) is 0. The molecule has 3 heteroatoms. The molecule has 10 rings (SSSR count). The Kier molecular flexibility index (Phi) is 6.18. The molecule has 3 nitrogen and oxygen atoms in total. The van der Waals surface area contributed by atoms with Crippen molar-refractivity contribution in [3.63, 3.8) is 0 Å². The van der Waals surface area contributed by atoms with Crippen LogP contribution < -0.4 is 4.90 Å². The lowest BCUT2D eigenvalue weighted by Gasteiger charge is -2.27. The fourth-order valence-corrected chi connectivity index (χ4v) is 7.61. The van der Waals surface area contributed by atoms with Crippen molar-refractivity contribution in [3.8, 4) is 16.8 Å². The van der Waals surface area contributed by atoms with E-state index < -0.39 is 0 Å². The van der Waals surface area contributed by atoms with Gasteiger partial charge >= 0.3 is 0 Å². The van der Waals surface area contributed by atoms with E-state index in [1.807, 2.05) is 0 Å². The molecule has 0 saturated carbocycles. The number of hydrogen-bond acceptors (Lipinski definition) is 2. The molecule has 0 unspecified atom stereocenters. The van der Waals surface area contributed by atoms with Gasteiger partial charge in [0.25, 0.3) is 0 Å². The Labute approximate surface area is 283 Å². The van der Waals surface area contributed by atoms with E-state index in [0.717, 1.165) is 50.2 Å². The second kappa shape index (κ2) is 11.0. The number of anilines is 3. The van der Waals surface area contributed by atoms with Gasteiger partial charge in [-0.25, -0.2) is 0 Å². The number of benzene rings is 8. The van der Waals surface area contributed by atoms with Gasteiger partial charge in [0, 0.05) is 32.9 Å². The fraction of sp³-hybridized carbons (Fsp3) is 0. The molecule has 10 aromatic rings. The van der Waals surface area contributed by atoms with Crippen LogP contribution in [0.3, 0.4) is 0 Å². The van der Waals surface area contributed by atoms with Gasteiger partial charge in [-0.3, -0.25) is 0 Å². The Balaban J connectivity index is 1.29. The summed E-state index contributed by atoms with van der Waals surface area (Å²) in [5.74, 6) is 0. The monoisotopic (exact) mass is 626 g/mol. The molecule has 49 heavy (non-hydrogen) atoms. The molecule has 0 bridgehead atoms. The minimum atomic E-state index is 0.866. The molecule has 2 heterocycles. The third-order valence-electron chi connectivity index (χ3n) is 9.77. The number of aromatic nitrogens is 1. The summed E-state index contributed by atoms with van der Waals surface area (Å²) in [7, 11) is 0. The molecule has 0 aliphatic heterocycles. The minimum Gasteiger partial charge on any atom is -0.454 e. The van der Waals surface area contributed by atoms with Gasteiger partial charge in [0.1, 0.15) is 5.58 Å². The van der Waals surface area contributed by atoms with Gasteiger partial charge in [-0.2, -0.15) is 0 Å². The van der Waals surface area contributed by atoms with E-state index >= 15 is 0 Å². The highest BCUT2D eigenvalue weighted by molar-refractivity contribution is 6.22. The SMILES string of the molecule is c1ccc(-c2ccc(N(c3cccc4c3oc3ccc5ccccc5c34)c3cccc4c3c3ccccc3n4-c3ccccc3)cc2)cc1. The summed E-state index contributed by atoms with van der Waals surface area (Å²) in [4.78, 5) is 2.38.